The number of nitrogens with zero attached hydrogens (tertiary/aromatic N) is 1. The molecule has 0 aliphatic rings. The zero-order valence-corrected chi connectivity index (χ0v) is 11.1. The predicted molar refractivity (Wildman–Crippen MR) is 76.3 cm³/mol. The average molecular weight is 246 g/mol. The third-order valence-corrected chi connectivity index (χ3v) is 3.79. The Bertz CT molecular complexity index is 509. The maximum Gasteiger partial charge on any atom is 0.0733 e. The van der Waals surface area contributed by atoms with Crippen molar-refractivity contribution < 1.29 is 0 Å². The van der Waals surface area contributed by atoms with Gasteiger partial charge in [-0.1, -0.05) is 13.8 Å². The third kappa shape index (κ3) is 3.13. The molecule has 0 aliphatic carbocycles. The minimum atomic E-state index is 0.756. The highest BCUT2D eigenvalue weighted by molar-refractivity contribution is 7.99. The number of fused-ring (bicyclic) bond motifs is 1. The van der Waals surface area contributed by atoms with E-state index in [2.05, 4.69) is 31.0 Å². The van der Waals surface area contributed by atoms with Crippen molar-refractivity contribution in [2.45, 2.75) is 25.2 Å². The largest absolute Gasteiger partial charge is 0.399 e. The summed E-state index contributed by atoms with van der Waals surface area (Å²) in [5.41, 5.74) is 7.53. The molecule has 0 fully saturated rings. The lowest BCUT2D eigenvalue weighted by molar-refractivity contribution is 0.632. The molecule has 0 amide bonds. The van der Waals surface area contributed by atoms with Crippen molar-refractivity contribution in [2.24, 2.45) is 5.92 Å². The van der Waals surface area contributed by atoms with Crippen molar-refractivity contribution in [1.29, 1.82) is 0 Å². The number of nitrogen functional groups attached to an aromatic ring is 1. The van der Waals surface area contributed by atoms with Crippen LogP contribution in [0.25, 0.3) is 10.9 Å². The quantitative estimate of drug-likeness (QED) is 0.655. The van der Waals surface area contributed by atoms with E-state index in [4.69, 9.17) is 5.73 Å². The van der Waals surface area contributed by atoms with Crippen LogP contribution in [0.1, 0.15) is 20.3 Å². The minimum Gasteiger partial charge on any atom is -0.399 e. The summed E-state index contributed by atoms with van der Waals surface area (Å²) < 4.78 is 0. The van der Waals surface area contributed by atoms with Crippen LogP contribution >= 0.6 is 11.8 Å². The lowest BCUT2D eigenvalue weighted by atomic mass is 10.2. The number of benzene rings is 1. The SMILES string of the molecule is CC(C)CCSc1ccnc2cc(N)ccc12. The Morgan fingerprint density at radius 3 is 2.88 bits per heavy atom. The van der Waals surface area contributed by atoms with Crippen LogP contribution in [0, 0.1) is 5.92 Å². The van der Waals surface area contributed by atoms with Crippen molar-refractivity contribution in [1.82, 2.24) is 4.98 Å². The van der Waals surface area contributed by atoms with Crippen molar-refractivity contribution >= 4 is 28.4 Å². The van der Waals surface area contributed by atoms with Gasteiger partial charge >= 0.3 is 0 Å². The molecule has 2 rings (SSSR count). The highest BCUT2D eigenvalue weighted by Crippen LogP contribution is 2.28. The van der Waals surface area contributed by atoms with Crippen molar-refractivity contribution in [3.05, 3.63) is 30.5 Å². The number of hydrogen-bond acceptors (Lipinski definition) is 3. The molecule has 1 aromatic heterocycles. The number of pyridine rings is 1. The van der Waals surface area contributed by atoms with Gasteiger partial charge < -0.3 is 5.73 Å². The van der Waals surface area contributed by atoms with Crippen LogP contribution in [-0.2, 0) is 0 Å². The van der Waals surface area contributed by atoms with E-state index in [0.717, 1.165) is 22.9 Å². The van der Waals surface area contributed by atoms with Crippen LogP contribution in [0.3, 0.4) is 0 Å². The van der Waals surface area contributed by atoms with Gasteiger partial charge in [-0.25, -0.2) is 0 Å². The van der Waals surface area contributed by atoms with Gasteiger partial charge in [-0.05, 0) is 42.4 Å². The second-order valence-corrected chi connectivity index (χ2v) is 5.75. The van der Waals surface area contributed by atoms with Gasteiger partial charge in [-0.3, -0.25) is 4.98 Å². The minimum absolute atomic E-state index is 0.756. The molecule has 0 unspecified atom stereocenters. The number of hydrogen-bond donors (Lipinski definition) is 1. The number of aromatic nitrogens is 1. The maximum atomic E-state index is 5.77. The first kappa shape index (κ1) is 12.2. The Balaban J connectivity index is 2.22. The molecule has 3 heteroatoms. The number of thioether (sulfide) groups is 1. The lowest BCUT2D eigenvalue weighted by Crippen LogP contribution is -1.91. The first-order valence-electron chi connectivity index (χ1n) is 5.94. The molecular formula is C14H18N2S. The lowest BCUT2D eigenvalue weighted by Gasteiger charge is -2.07. The smallest absolute Gasteiger partial charge is 0.0733 e. The molecule has 2 nitrogen and oxygen atoms in total. The highest BCUT2D eigenvalue weighted by Gasteiger charge is 2.03. The zero-order chi connectivity index (χ0) is 12.3. The van der Waals surface area contributed by atoms with Crippen LogP contribution in [0.2, 0.25) is 0 Å². The Labute approximate surface area is 107 Å². The number of nitrogens with two attached hydrogens (primary N) is 1. The third-order valence-electron chi connectivity index (χ3n) is 2.68. The van der Waals surface area contributed by atoms with Gasteiger partial charge in [0.2, 0.25) is 0 Å². The van der Waals surface area contributed by atoms with Gasteiger partial charge in [0.15, 0.2) is 0 Å². The van der Waals surface area contributed by atoms with Gasteiger partial charge in [-0.2, -0.15) is 0 Å². The monoisotopic (exact) mass is 246 g/mol. The summed E-state index contributed by atoms with van der Waals surface area (Å²) in [6.07, 6.45) is 3.10. The molecule has 17 heavy (non-hydrogen) atoms. The average Bonchev–Trinajstić information content (AvgIpc) is 2.28. The van der Waals surface area contributed by atoms with E-state index in [1.54, 1.807) is 0 Å². The van der Waals surface area contributed by atoms with E-state index in [0.29, 0.717) is 0 Å². The van der Waals surface area contributed by atoms with Gasteiger partial charge in [-0.15, -0.1) is 11.8 Å². The van der Waals surface area contributed by atoms with E-state index in [1.807, 2.05) is 30.1 Å². The van der Waals surface area contributed by atoms with Gasteiger partial charge in [0.1, 0.15) is 0 Å². The van der Waals surface area contributed by atoms with Gasteiger partial charge in [0.05, 0.1) is 5.52 Å². The summed E-state index contributed by atoms with van der Waals surface area (Å²) in [4.78, 5) is 5.65. The molecule has 2 aromatic rings. The fourth-order valence-electron chi connectivity index (χ4n) is 1.67. The van der Waals surface area contributed by atoms with Crippen LogP contribution < -0.4 is 5.73 Å². The molecule has 0 atom stereocenters. The molecule has 1 aromatic carbocycles. The molecule has 0 saturated carbocycles. The standard InChI is InChI=1S/C14H18N2S/c1-10(2)6-8-17-14-5-7-16-13-9-11(15)3-4-12(13)14/h3-5,7,9-10H,6,8,15H2,1-2H3. The van der Waals surface area contributed by atoms with Crippen molar-refractivity contribution in [3.63, 3.8) is 0 Å². The molecule has 0 aliphatic heterocycles. The van der Waals surface area contributed by atoms with Crippen LogP contribution in [0.4, 0.5) is 5.69 Å². The van der Waals surface area contributed by atoms with Gasteiger partial charge in [0.25, 0.3) is 0 Å². The first-order chi connectivity index (χ1) is 8.16. The summed E-state index contributed by atoms with van der Waals surface area (Å²) in [7, 11) is 0. The Morgan fingerprint density at radius 2 is 2.12 bits per heavy atom. The van der Waals surface area contributed by atoms with E-state index in [1.165, 1.54) is 16.7 Å². The molecule has 0 saturated heterocycles. The number of rotatable bonds is 4. The van der Waals surface area contributed by atoms with E-state index >= 15 is 0 Å². The summed E-state index contributed by atoms with van der Waals surface area (Å²) in [5, 5.41) is 1.20. The Morgan fingerprint density at radius 1 is 1.29 bits per heavy atom. The fraction of sp³-hybridized carbons (Fsp3) is 0.357. The van der Waals surface area contributed by atoms with Crippen LogP contribution in [-0.4, -0.2) is 10.7 Å². The first-order valence-corrected chi connectivity index (χ1v) is 6.92. The molecule has 0 spiro atoms. The second-order valence-electron chi connectivity index (χ2n) is 4.62. The highest BCUT2D eigenvalue weighted by atomic mass is 32.2. The van der Waals surface area contributed by atoms with Crippen LogP contribution in [0.15, 0.2) is 35.4 Å². The van der Waals surface area contributed by atoms with Crippen molar-refractivity contribution in [2.75, 3.05) is 11.5 Å². The predicted octanol–water partition coefficient (Wildman–Crippen LogP) is 3.96. The van der Waals surface area contributed by atoms with E-state index in [9.17, 15) is 0 Å². The summed E-state index contributed by atoms with van der Waals surface area (Å²) in [5.74, 6) is 1.91. The molecule has 0 bridgehead atoms. The Kier molecular flexibility index (Phi) is 3.89. The van der Waals surface area contributed by atoms with Gasteiger partial charge in [0, 0.05) is 22.2 Å². The fourth-order valence-corrected chi connectivity index (χ4v) is 2.96. The maximum absolute atomic E-state index is 5.77. The topological polar surface area (TPSA) is 38.9 Å². The van der Waals surface area contributed by atoms with E-state index in [-0.39, 0.29) is 0 Å². The normalized spacial score (nSPS) is 11.2. The summed E-state index contributed by atoms with van der Waals surface area (Å²) >= 11 is 1.90. The second kappa shape index (κ2) is 5.41. The van der Waals surface area contributed by atoms with E-state index < -0.39 is 0 Å². The van der Waals surface area contributed by atoms with Crippen molar-refractivity contribution in [3.8, 4) is 0 Å². The molecule has 90 valence electrons. The molecule has 1 heterocycles. The molecule has 0 radical (unpaired) electrons. The molecular weight excluding hydrogens is 228 g/mol. The zero-order valence-electron chi connectivity index (χ0n) is 10.3. The Hall–Kier alpha value is -1.22. The molecule has 2 N–H and O–H groups in total. The van der Waals surface area contributed by atoms with Crippen LogP contribution in [0.5, 0.6) is 0 Å². The summed E-state index contributed by atoms with van der Waals surface area (Å²) in [6, 6.07) is 8.03. The number of anilines is 1. The summed E-state index contributed by atoms with van der Waals surface area (Å²) in [6.45, 7) is 4.51.